The summed E-state index contributed by atoms with van der Waals surface area (Å²) in [4.78, 5) is 26.4. The number of rotatable bonds is 9. The van der Waals surface area contributed by atoms with Crippen LogP contribution in [0.5, 0.6) is 5.75 Å². The number of nitrogens with one attached hydrogen (secondary N) is 1. The highest BCUT2D eigenvalue weighted by molar-refractivity contribution is 5.87. The third-order valence-corrected chi connectivity index (χ3v) is 4.16. The average molecular weight is 354 g/mol. The molecule has 0 saturated carbocycles. The summed E-state index contributed by atoms with van der Waals surface area (Å²) in [7, 11) is 1.58. The van der Waals surface area contributed by atoms with Gasteiger partial charge in [-0.15, -0.1) is 0 Å². The van der Waals surface area contributed by atoms with Gasteiger partial charge in [-0.2, -0.15) is 0 Å². The zero-order chi connectivity index (χ0) is 18.8. The molecule has 2 amide bonds. The second-order valence-electron chi connectivity index (χ2n) is 6.06. The summed E-state index contributed by atoms with van der Waals surface area (Å²) < 4.78 is 5.63. The molecule has 0 bridgehead atoms. The summed E-state index contributed by atoms with van der Waals surface area (Å²) in [5, 5.41) is 2.62. The van der Waals surface area contributed by atoms with E-state index < -0.39 is 6.04 Å². The van der Waals surface area contributed by atoms with Gasteiger partial charge in [-0.1, -0.05) is 48.5 Å². The van der Waals surface area contributed by atoms with Crippen LogP contribution < -0.4 is 10.1 Å². The van der Waals surface area contributed by atoms with Crippen molar-refractivity contribution in [2.75, 3.05) is 13.7 Å². The van der Waals surface area contributed by atoms with Crippen LogP contribution in [0.1, 0.15) is 25.3 Å². The van der Waals surface area contributed by atoms with Gasteiger partial charge in [-0.3, -0.25) is 9.59 Å². The Hall–Kier alpha value is -2.82. The van der Waals surface area contributed by atoms with Crippen molar-refractivity contribution in [2.45, 2.75) is 32.4 Å². The summed E-state index contributed by atoms with van der Waals surface area (Å²) in [6.07, 6.45) is 0.931. The Morgan fingerprint density at radius 2 is 1.65 bits per heavy atom. The second kappa shape index (κ2) is 10.2. The maximum Gasteiger partial charge on any atom is 0.242 e. The Morgan fingerprint density at radius 3 is 2.27 bits per heavy atom. The highest BCUT2D eigenvalue weighted by atomic mass is 16.5. The first-order valence-electron chi connectivity index (χ1n) is 8.84. The van der Waals surface area contributed by atoms with E-state index in [4.69, 9.17) is 4.74 Å². The number of nitrogens with zero attached hydrogens (tertiary/aromatic N) is 1. The van der Waals surface area contributed by atoms with Gasteiger partial charge >= 0.3 is 0 Å². The highest BCUT2D eigenvalue weighted by Crippen LogP contribution is 2.13. The van der Waals surface area contributed by atoms with E-state index in [-0.39, 0.29) is 11.8 Å². The molecule has 0 heterocycles. The van der Waals surface area contributed by atoms with Crippen LogP contribution in [0.25, 0.3) is 0 Å². The SMILES string of the molecule is CNC(=O)[C@@H](C)N(Cc1ccccc1)C(=O)CCCOc1ccccc1. The molecule has 2 aromatic rings. The van der Waals surface area contributed by atoms with Gasteiger partial charge in [-0.05, 0) is 31.0 Å². The van der Waals surface area contributed by atoms with Crippen molar-refractivity contribution in [3.8, 4) is 5.75 Å². The molecule has 1 N–H and O–H groups in total. The van der Waals surface area contributed by atoms with Gasteiger partial charge in [-0.25, -0.2) is 0 Å². The second-order valence-corrected chi connectivity index (χ2v) is 6.06. The number of amides is 2. The number of hydrogen-bond donors (Lipinski definition) is 1. The van der Waals surface area contributed by atoms with Gasteiger partial charge in [0.25, 0.3) is 0 Å². The summed E-state index contributed by atoms with van der Waals surface area (Å²) >= 11 is 0. The lowest BCUT2D eigenvalue weighted by molar-refractivity contribution is -0.140. The molecule has 2 rings (SSSR count). The number of para-hydroxylation sites is 1. The maximum atomic E-state index is 12.7. The minimum absolute atomic E-state index is 0.0541. The molecule has 0 saturated heterocycles. The maximum absolute atomic E-state index is 12.7. The highest BCUT2D eigenvalue weighted by Gasteiger charge is 2.24. The fourth-order valence-electron chi connectivity index (χ4n) is 2.65. The monoisotopic (exact) mass is 354 g/mol. The summed E-state index contributed by atoms with van der Waals surface area (Å²) in [6, 6.07) is 18.7. The van der Waals surface area contributed by atoms with Gasteiger partial charge < -0.3 is 15.0 Å². The Balaban J connectivity index is 1.92. The Bertz CT molecular complexity index is 689. The Morgan fingerprint density at radius 1 is 1.04 bits per heavy atom. The minimum Gasteiger partial charge on any atom is -0.494 e. The van der Waals surface area contributed by atoms with Crippen molar-refractivity contribution in [1.82, 2.24) is 10.2 Å². The molecular weight excluding hydrogens is 328 g/mol. The topological polar surface area (TPSA) is 58.6 Å². The fraction of sp³-hybridized carbons (Fsp3) is 0.333. The van der Waals surface area contributed by atoms with Gasteiger partial charge in [0.2, 0.25) is 11.8 Å². The third-order valence-electron chi connectivity index (χ3n) is 4.16. The van der Waals surface area contributed by atoms with Crippen molar-refractivity contribution in [2.24, 2.45) is 0 Å². The summed E-state index contributed by atoms with van der Waals surface area (Å²) in [5.41, 5.74) is 0.997. The van der Waals surface area contributed by atoms with Crippen LogP contribution in [0.4, 0.5) is 0 Å². The van der Waals surface area contributed by atoms with E-state index >= 15 is 0 Å². The molecule has 2 aromatic carbocycles. The molecule has 5 nitrogen and oxygen atoms in total. The van der Waals surface area contributed by atoms with Crippen LogP contribution in [-0.2, 0) is 16.1 Å². The van der Waals surface area contributed by atoms with Crippen molar-refractivity contribution in [3.05, 3.63) is 66.2 Å². The number of benzene rings is 2. The molecule has 138 valence electrons. The van der Waals surface area contributed by atoms with E-state index in [9.17, 15) is 9.59 Å². The fourth-order valence-corrected chi connectivity index (χ4v) is 2.65. The summed E-state index contributed by atoms with van der Waals surface area (Å²) in [6.45, 7) is 2.62. The predicted molar refractivity (Wildman–Crippen MR) is 102 cm³/mol. The third kappa shape index (κ3) is 5.92. The average Bonchev–Trinajstić information content (AvgIpc) is 2.69. The van der Waals surface area contributed by atoms with E-state index in [1.54, 1.807) is 18.9 Å². The molecule has 0 aromatic heterocycles. The molecule has 0 unspecified atom stereocenters. The van der Waals surface area contributed by atoms with Crippen molar-refractivity contribution in [1.29, 1.82) is 0 Å². The number of hydrogen-bond acceptors (Lipinski definition) is 3. The molecular formula is C21H26N2O3. The van der Waals surface area contributed by atoms with Gasteiger partial charge in [0, 0.05) is 20.0 Å². The lowest BCUT2D eigenvalue weighted by Crippen LogP contribution is -2.46. The molecule has 26 heavy (non-hydrogen) atoms. The van der Waals surface area contributed by atoms with Crippen LogP contribution in [0.2, 0.25) is 0 Å². The van der Waals surface area contributed by atoms with E-state index in [1.807, 2.05) is 60.7 Å². The van der Waals surface area contributed by atoms with Gasteiger partial charge in [0.1, 0.15) is 11.8 Å². The smallest absolute Gasteiger partial charge is 0.242 e. The Kier molecular flexibility index (Phi) is 7.68. The van der Waals surface area contributed by atoms with Crippen LogP contribution in [0, 0.1) is 0 Å². The van der Waals surface area contributed by atoms with Crippen LogP contribution in [-0.4, -0.2) is 36.4 Å². The standard InChI is InChI=1S/C21H26N2O3/c1-17(21(25)22-2)23(16-18-10-5-3-6-11-18)20(24)14-9-15-26-19-12-7-4-8-13-19/h3-8,10-13,17H,9,14-16H2,1-2H3,(H,22,25)/t17-/m1/s1. The molecule has 0 aliphatic carbocycles. The molecule has 0 fully saturated rings. The first-order chi connectivity index (χ1) is 12.6. The number of ether oxygens (including phenoxy) is 1. The largest absolute Gasteiger partial charge is 0.494 e. The first-order valence-corrected chi connectivity index (χ1v) is 8.84. The predicted octanol–water partition coefficient (Wildman–Crippen LogP) is 3.01. The zero-order valence-electron chi connectivity index (χ0n) is 15.4. The van der Waals surface area contributed by atoms with E-state index in [2.05, 4.69) is 5.32 Å². The van der Waals surface area contributed by atoms with Gasteiger partial charge in [0.05, 0.1) is 6.61 Å². The van der Waals surface area contributed by atoms with Crippen LogP contribution >= 0.6 is 0 Å². The quantitative estimate of drug-likeness (QED) is 0.704. The normalized spacial score (nSPS) is 11.5. The Labute approximate surface area is 155 Å². The van der Waals surface area contributed by atoms with E-state index in [1.165, 1.54) is 0 Å². The molecule has 0 aliphatic rings. The van der Waals surface area contributed by atoms with Crippen molar-refractivity contribution < 1.29 is 14.3 Å². The number of carbonyl (C=O) groups excluding carboxylic acids is 2. The number of likely N-dealkylation sites (N-methyl/N-ethyl adjacent to an activating group) is 1. The zero-order valence-corrected chi connectivity index (χ0v) is 15.4. The van der Waals surface area contributed by atoms with Crippen molar-refractivity contribution in [3.63, 3.8) is 0 Å². The minimum atomic E-state index is -0.525. The van der Waals surface area contributed by atoms with Crippen molar-refractivity contribution >= 4 is 11.8 Å². The molecule has 0 spiro atoms. The summed E-state index contributed by atoms with van der Waals surface area (Å²) in [5.74, 6) is 0.566. The first kappa shape index (κ1) is 19.5. The molecule has 5 heteroatoms. The molecule has 1 atom stereocenters. The lowest BCUT2D eigenvalue weighted by atomic mass is 10.1. The van der Waals surface area contributed by atoms with E-state index in [0.717, 1.165) is 11.3 Å². The number of carbonyl (C=O) groups is 2. The van der Waals surface area contributed by atoms with Gasteiger partial charge in [0.15, 0.2) is 0 Å². The van der Waals surface area contributed by atoms with E-state index in [0.29, 0.717) is 26.0 Å². The molecule has 0 radical (unpaired) electrons. The lowest BCUT2D eigenvalue weighted by Gasteiger charge is -2.28. The van der Waals surface area contributed by atoms with Crippen LogP contribution in [0.3, 0.4) is 0 Å². The molecule has 0 aliphatic heterocycles. The van der Waals surface area contributed by atoms with Crippen LogP contribution in [0.15, 0.2) is 60.7 Å².